The number of aryl methyl sites for hydroxylation is 2. The molecular formula is C11H19N3S. The highest BCUT2D eigenvalue weighted by molar-refractivity contribution is 7.99. The average molecular weight is 225 g/mol. The van der Waals surface area contributed by atoms with Crippen molar-refractivity contribution < 1.29 is 0 Å². The van der Waals surface area contributed by atoms with Crippen LogP contribution >= 0.6 is 11.8 Å². The summed E-state index contributed by atoms with van der Waals surface area (Å²) in [7, 11) is 1.97. The highest BCUT2D eigenvalue weighted by atomic mass is 32.2. The van der Waals surface area contributed by atoms with Gasteiger partial charge in [0.2, 0.25) is 0 Å². The Bertz CT molecular complexity index is 292. The average Bonchev–Trinajstić information content (AvgIpc) is 2.84. The fraction of sp³-hybridized carbons (Fsp3) is 0.727. The van der Waals surface area contributed by atoms with E-state index in [1.165, 1.54) is 29.9 Å². The summed E-state index contributed by atoms with van der Waals surface area (Å²) in [6, 6.07) is 0.767. The number of nitrogens with zero attached hydrogens (tertiary/aromatic N) is 2. The van der Waals surface area contributed by atoms with Crippen molar-refractivity contribution in [2.75, 3.05) is 18.1 Å². The SMILES string of the molecule is Cn1cc(CCCNC2CCSC2)cn1. The monoisotopic (exact) mass is 225 g/mol. The van der Waals surface area contributed by atoms with Crippen molar-refractivity contribution >= 4 is 11.8 Å². The van der Waals surface area contributed by atoms with E-state index in [1.54, 1.807) is 0 Å². The quantitative estimate of drug-likeness (QED) is 0.769. The molecule has 1 fully saturated rings. The highest BCUT2D eigenvalue weighted by Crippen LogP contribution is 2.16. The van der Waals surface area contributed by atoms with Crippen molar-refractivity contribution in [2.45, 2.75) is 25.3 Å². The van der Waals surface area contributed by atoms with E-state index in [2.05, 4.69) is 28.4 Å². The van der Waals surface area contributed by atoms with Gasteiger partial charge in [-0.25, -0.2) is 0 Å². The lowest BCUT2D eigenvalue weighted by molar-refractivity contribution is 0.545. The molecule has 4 heteroatoms. The standard InChI is InChI=1S/C11H19N3S/c1-14-8-10(7-13-14)3-2-5-12-11-4-6-15-9-11/h7-8,11-12H,2-6,9H2,1H3. The maximum atomic E-state index is 4.17. The molecule has 0 aliphatic carbocycles. The molecule has 2 rings (SSSR count). The largest absolute Gasteiger partial charge is 0.313 e. The van der Waals surface area contributed by atoms with E-state index in [0.717, 1.165) is 19.0 Å². The summed E-state index contributed by atoms with van der Waals surface area (Å²) >= 11 is 2.06. The molecule has 0 spiro atoms. The molecule has 1 aromatic rings. The lowest BCUT2D eigenvalue weighted by Gasteiger charge is -2.09. The van der Waals surface area contributed by atoms with Gasteiger partial charge in [-0.2, -0.15) is 16.9 Å². The Kier molecular flexibility index (Phi) is 4.09. The molecule has 1 aliphatic heterocycles. The molecule has 0 aromatic carbocycles. The number of hydrogen-bond donors (Lipinski definition) is 1. The van der Waals surface area contributed by atoms with E-state index >= 15 is 0 Å². The number of thioether (sulfide) groups is 1. The molecule has 1 aromatic heterocycles. The van der Waals surface area contributed by atoms with Gasteiger partial charge in [-0.15, -0.1) is 0 Å². The predicted octanol–water partition coefficient (Wildman–Crippen LogP) is 1.45. The van der Waals surface area contributed by atoms with E-state index in [1.807, 2.05) is 17.9 Å². The molecule has 0 saturated carbocycles. The van der Waals surface area contributed by atoms with Crippen LogP contribution in [0.15, 0.2) is 12.4 Å². The molecule has 1 saturated heterocycles. The van der Waals surface area contributed by atoms with E-state index in [4.69, 9.17) is 0 Å². The third-order valence-electron chi connectivity index (χ3n) is 2.76. The van der Waals surface area contributed by atoms with Crippen molar-refractivity contribution in [2.24, 2.45) is 7.05 Å². The number of aromatic nitrogens is 2. The fourth-order valence-corrected chi connectivity index (χ4v) is 3.08. The number of nitrogens with one attached hydrogen (secondary N) is 1. The van der Waals surface area contributed by atoms with Gasteiger partial charge in [0.05, 0.1) is 6.20 Å². The smallest absolute Gasteiger partial charge is 0.0521 e. The zero-order valence-corrected chi connectivity index (χ0v) is 10.1. The van der Waals surface area contributed by atoms with E-state index < -0.39 is 0 Å². The van der Waals surface area contributed by atoms with Crippen LogP contribution in [0.1, 0.15) is 18.4 Å². The molecule has 1 atom stereocenters. The van der Waals surface area contributed by atoms with Gasteiger partial charge >= 0.3 is 0 Å². The van der Waals surface area contributed by atoms with Crippen LogP contribution in [0.5, 0.6) is 0 Å². The summed E-state index contributed by atoms with van der Waals surface area (Å²) < 4.78 is 1.87. The van der Waals surface area contributed by atoms with Gasteiger partial charge in [-0.1, -0.05) is 0 Å². The minimum absolute atomic E-state index is 0.767. The van der Waals surface area contributed by atoms with Crippen LogP contribution in [0.4, 0.5) is 0 Å². The zero-order valence-electron chi connectivity index (χ0n) is 9.28. The summed E-state index contributed by atoms with van der Waals surface area (Å²) in [6.45, 7) is 1.14. The molecule has 1 unspecified atom stereocenters. The molecule has 3 nitrogen and oxygen atoms in total. The summed E-state index contributed by atoms with van der Waals surface area (Å²) in [5, 5.41) is 7.78. The Morgan fingerprint density at radius 1 is 1.67 bits per heavy atom. The van der Waals surface area contributed by atoms with Crippen LogP contribution in [0.25, 0.3) is 0 Å². The second-order valence-corrected chi connectivity index (χ2v) is 5.29. The molecule has 1 N–H and O–H groups in total. The highest BCUT2D eigenvalue weighted by Gasteiger charge is 2.13. The van der Waals surface area contributed by atoms with E-state index in [9.17, 15) is 0 Å². The Labute approximate surface area is 95.6 Å². The van der Waals surface area contributed by atoms with Gasteiger partial charge in [0.25, 0.3) is 0 Å². The normalized spacial score (nSPS) is 21.0. The van der Waals surface area contributed by atoms with Crippen molar-refractivity contribution in [1.29, 1.82) is 0 Å². The number of hydrogen-bond acceptors (Lipinski definition) is 3. The Morgan fingerprint density at radius 3 is 3.27 bits per heavy atom. The lowest BCUT2D eigenvalue weighted by Crippen LogP contribution is -2.29. The second kappa shape index (κ2) is 5.56. The first-order chi connectivity index (χ1) is 7.34. The third kappa shape index (κ3) is 3.54. The van der Waals surface area contributed by atoms with Crippen LogP contribution < -0.4 is 5.32 Å². The van der Waals surface area contributed by atoms with Crippen LogP contribution in [0.3, 0.4) is 0 Å². The van der Waals surface area contributed by atoms with Gasteiger partial charge in [0.15, 0.2) is 0 Å². The molecule has 0 amide bonds. The van der Waals surface area contributed by atoms with Crippen molar-refractivity contribution in [1.82, 2.24) is 15.1 Å². The summed E-state index contributed by atoms with van der Waals surface area (Å²) in [6.07, 6.45) is 7.77. The molecule has 2 heterocycles. The van der Waals surface area contributed by atoms with E-state index in [-0.39, 0.29) is 0 Å². The number of rotatable bonds is 5. The van der Waals surface area contributed by atoms with Gasteiger partial charge in [-0.05, 0) is 37.1 Å². The van der Waals surface area contributed by atoms with Gasteiger partial charge in [0.1, 0.15) is 0 Å². The summed E-state index contributed by atoms with van der Waals surface area (Å²) in [5.41, 5.74) is 1.35. The van der Waals surface area contributed by atoms with Crippen LogP contribution in [-0.2, 0) is 13.5 Å². The molecule has 1 aliphatic rings. The maximum Gasteiger partial charge on any atom is 0.0521 e. The zero-order chi connectivity index (χ0) is 10.5. The van der Waals surface area contributed by atoms with E-state index in [0.29, 0.717) is 0 Å². The van der Waals surface area contributed by atoms with Crippen LogP contribution in [-0.4, -0.2) is 33.9 Å². The molecule has 0 radical (unpaired) electrons. The lowest BCUT2D eigenvalue weighted by atomic mass is 10.2. The van der Waals surface area contributed by atoms with Crippen molar-refractivity contribution in [3.8, 4) is 0 Å². The molecule has 0 bridgehead atoms. The molecule has 84 valence electrons. The van der Waals surface area contributed by atoms with Gasteiger partial charge < -0.3 is 5.32 Å². The van der Waals surface area contributed by atoms with Crippen molar-refractivity contribution in [3.05, 3.63) is 18.0 Å². The fourth-order valence-electron chi connectivity index (χ4n) is 1.90. The maximum absolute atomic E-state index is 4.17. The summed E-state index contributed by atoms with van der Waals surface area (Å²) in [4.78, 5) is 0. The van der Waals surface area contributed by atoms with Gasteiger partial charge in [-0.3, -0.25) is 4.68 Å². The van der Waals surface area contributed by atoms with Crippen LogP contribution in [0.2, 0.25) is 0 Å². The first-order valence-electron chi connectivity index (χ1n) is 5.63. The Hall–Kier alpha value is -0.480. The first-order valence-corrected chi connectivity index (χ1v) is 6.79. The Morgan fingerprint density at radius 2 is 2.60 bits per heavy atom. The minimum Gasteiger partial charge on any atom is -0.313 e. The third-order valence-corrected chi connectivity index (χ3v) is 3.93. The first kappa shape index (κ1) is 11.0. The predicted molar refractivity (Wildman–Crippen MR) is 65.3 cm³/mol. The topological polar surface area (TPSA) is 29.9 Å². The minimum atomic E-state index is 0.767. The summed E-state index contributed by atoms with van der Waals surface area (Å²) in [5.74, 6) is 2.63. The Balaban J connectivity index is 1.58. The molecule has 15 heavy (non-hydrogen) atoms. The van der Waals surface area contributed by atoms with Crippen molar-refractivity contribution in [3.63, 3.8) is 0 Å². The second-order valence-electron chi connectivity index (χ2n) is 4.14. The molecular weight excluding hydrogens is 206 g/mol. The van der Waals surface area contributed by atoms with Crippen LogP contribution in [0, 0.1) is 0 Å². The van der Waals surface area contributed by atoms with Gasteiger partial charge in [0, 0.05) is 25.0 Å².